The van der Waals surface area contributed by atoms with E-state index >= 15 is 0 Å². The summed E-state index contributed by atoms with van der Waals surface area (Å²) in [5.41, 5.74) is 0.436. The van der Waals surface area contributed by atoms with Gasteiger partial charge in [-0.1, -0.05) is 6.58 Å². The summed E-state index contributed by atoms with van der Waals surface area (Å²) < 4.78 is 5.24. The Bertz CT molecular complexity index is 243. The van der Waals surface area contributed by atoms with Gasteiger partial charge in [-0.15, -0.1) is 0 Å². The third kappa shape index (κ3) is 3.28. The van der Waals surface area contributed by atoms with Crippen molar-refractivity contribution < 1.29 is 9.53 Å². The molecule has 0 aromatic carbocycles. The summed E-state index contributed by atoms with van der Waals surface area (Å²) in [6, 6.07) is 0. The topological polar surface area (TPSA) is 41.6 Å². The number of carbonyl (C=O) groups excluding carboxylic acids is 1. The molecular formula is C10H18N2O2. The van der Waals surface area contributed by atoms with E-state index in [9.17, 15) is 4.79 Å². The SMILES string of the molecule is C=C1CN(C(=O)OC(C)(C)C)CCN1. The summed E-state index contributed by atoms with van der Waals surface area (Å²) in [6.07, 6.45) is -0.264. The molecule has 0 aromatic rings. The van der Waals surface area contributed by atoms with Crippen molar-refractivity contribution in [2.45, 2.75) is 26.4 Å². The third-order valence-corrected chi connectivity index (χ3v) is 1.79. The zero-order valence-electron chi connectivity index (χ0n) is 9.09. The van der Waals surface area contributed by atoms with E-state index in [0.717, 1.165) is 12.2 Å². The van der Waals surface area contributed by atoms with Crippen LogP contribution in [0.5, 0.6) is 0 Å². The van der Waals surface area contributed by atoms with Crippen LogP contribution in [-0.2, 0) is 4.74 Å². The van der Waals surface area contributed by atoms with Crippen LogP contribution >= 0.6 is 0 Å². The molecule has 4 heteroatoms. The van der Waals surface area contributed by atoms with Gasteiger partial charge in [0, 0.05) is 18.8 Å². The van der Waals surface area contributed by atoms with E-state index in [1.165, 1.54) is 0 Å². The number of nitrogens with one attached hydrogen (secondary N) is 1. The Kier molecular flexibility index (Phi) is 3.03. The van der Waals surface area contributed by atoms with Crippen molar-refractivity contribution in [3.8, 4) is 0 Å². The van der Waals surface area contributed by atoms with Crippen molar-refractivity contribution in [1.29, 1.82) is 0 Å². The average Bonchev–Trinajstić information content (AvgIpc) is 2.01. The Morgan fingerprint density at radius 2 is 2.21 bits per heavy atom. The average molecular weight is 198 g/mol. The van der Waals surface area contributed by atoms with Gasteiger partial charge in [-0.3, -0.25) is 0 Å². The molecule has 1 aliphatic heterocycles. The molecule has 80 valence electrons. The molecule has 1 aliphatic rings. The van der Waals surface area contributed by atoms with E-state index in [2.05, 4.69) is 11.9 Å². The molecule has 0 unspecified atom stereocenters. The van der Waals surface area contributed by atoms with Crippen molar-refractivity contribution in [3.63, 3.8) is 0 Å². The minimum Gasteiger partial charge on any atom is -0.444 e. The van der Waals surface area contributed by atoms with Gasteiger partial charge in [-0.2, -0.15) is 0 Å². The van der Waals surface area contributed by atoms with Crippen LogP contribution in [0.25, 0.3) is 0 Å². The highest BCUT2D eigenvalue weighted by molar-refractivity contribution is 5.68. The van der Waals surface area contributed by atoms with Crippen LogP contribution in [0.3, 0.4) is 0 Å². The molecule has 0 aromatic heterocycles. The maximum Gasteiger partial charge on any atom is 0.410 e. The third-order valence-electron chi connectivity index (χ3n) is 1.79. The monoisotopic (exact) mass is 198 g/mol. The van der Waals surface area contributed by atoms with E-state index in [1.54, 1.807) is 4.90 Å². The number of hydrogen-bond donors (Lipinski definition) is 1. The number of piperazine rings is 1. The van der Waals surface area contributed by atoms with E-state index in [-0.39, 0.29) is 6.09 Å². The first-order chi connectivity index (χ1) is 6.38. The first kappa shape index (κ1) is 10.9. The zero-order valence-corrected chi connectivity index (χ0v) is 9.09. The van der Waals surface area contributed by atoms with E-state index in [1.807, 2.05) is 20.8 Å². The van der Waals surface area contributed by atoms with E-state index in [4.69, 9.17) is 4.74 Å². The predicted molar refractivity (Wildman–Crippen MR) is 54.9 cm³/mol. The molecule has 4 nitrogen and oxygen atoms in total. The van der Waals surface area contributed by atoms with Crippen molar-refractivity contribution in [2.75, 3.05) is 19.6 Å². The van der Waals surface area contributed by atoms with Gasteiger partial charge in [0.2, 0.25) is 0 Å². The number of rotatable bonds is 0. The number of hydrogen-bond acceptors (Lipinski definition) is 3. The summed E-state index contributed by atoms with van der Waals surface area (Å²) in [7, 11) is 0. The molecule has 0 aliphatic carbocycles. The Balaban J connectivity index is 2.48. The van der Waals surface area contributed by atoms with Crippen LogP contribution in [0.1, 0.15) is 20.8 Å². The maximum atomic E-state index is 11.6. The number of nitrogens with zero attached hydrogens (tertiary/aromatic N) is 1. The van der Waals surface area contributed by atoms with Gasteiger partial charge >= 0.3 is 6.09 Å². The minimum atomic E-state index is -0.427. The largest absolute Gasteiger partial charge is 0.444 e. The summed E-state index contributed by atoms with van der Waals surface area (Å²) in [5.74, 6) is 0. The van der Waals surface area contributed by atoms with Crippen LogP contribution in [0.4, 0.5) is 4.79 Å². The molecule has 0 atom stereocenters. The van der Waals surface area contributed by atoms with Crippen LogP contribution in [0.2, 0.25) is 0 Å². The number of carbonyl (C=O) groups is 1. The quantitative estimate of drug-likeness (QED) is 0.638. The Morgan fingerprint density at radius 3 is 2.71 bits per heavy atom. The Labute approximate surface area is 84.9 Å². The molecular weight excluding hydrogens is 180 g/mol. The molecule has 1 N–H and O–H groups in total. The smallest absolute Gasteiger partial charge is 0.410 e. The molecule has 1 saturated heterocycles. The standard InChI is InChI=1S/C10H18N2O2/c1-8-7-12(6-5-11-8)9(13)14-10(2,3)4/h11H,1,5-7H2,2-4H3. The summed E-state index contributed by atoms with van der Waals surface area (Å²) in [5, 5.41) is 3.09. The molecule has 0 saturated carbocycles. The van der Waals surface area contributed by atoms with Crippen LogP contribution < -0.4 is 5.32 Å². The van der Waals surface area contributed by atoms with Gasteiger partial charge in [0.05, 0.1) is 6.54 Å². The van der Waals surface area contributed by atoms with Crippen molar-refractivity contribution in [2.24, 2.45) is 0 Å². The number of ether oxygens (including phenoxy) is 1. The fraction of sp³-hybridized carbons (Fsp3) is 0.700. The van der Waals surface area contributed by atoms with Gasteiger partial charge in [0.1, 0.15) is 5.60 Å². The summed E-state index contributed by atoms with van der Waals surface area (Å²) in [4.78, 5) is 13.3. The predicted octanol–water partition coefficient (Wildman–Crippen LogP) is 1.34. The highest BCUT2D eigenvalue weighted by atomic mass is 16.6. The molecule has 14 heavy (non-hydrogen) atoms. The second-order valence-corrected chi connectivity index (χ2v) is 4.43. The molecule has 0 spiro atoms. The van der Waals surface area contributed by atoms with E-state index in [0.29, 0.717) is 13.1 Å². The first-order valence-corrected chi connectivity index (χ1v) is 4.78. The highest BCUT2D eigenvalue weighted by Gasteiger charge is 2.23. The van der Waals surface area contributed by atoms with Crippen molar-refractivity contribution in [1.82, 2.24) is 10.2 Å². The van der Waals surface area contributed by atoms with Crippen molar-refractivity contribution >= 4 is 6.09 Å². The van der Waals surface area contributed by atoms with Crippen LogP contribution in [0, 0.1) is 0 Å². The van der Waals surface area contributed by atoms with Gasteiger partial charge in [0.25, 0.3) is 0 Å². The lowest BCUT2D eigenvalue weighted by Crippen LogP contribution is -2.46. The lowest BCUT2D eigenvalue weighted by molar-refractivity contribution is 0.0249. The highest BCUT2D eigenvalue weighted by Crippen LogP contribution is 2.11. The van der Waals surface area contributed by atoms with E-state index < -0.39 is 5.60 Å². The fourth-order valence-corrected chi connectivity index (χ4v) is 1.22. The van der Waals surface area contributed by atoms with Crippen LogP contribution in [-0.4, -0.2) is 36.2 Å². The van der Waals surface area contributed by atoms with Crippen LogP contribution in [0.15, 0.2) is 12.3 Å². The minimum absolute atomic E-state index is 0.264. The van der Waals surface area contributed by atoms with Gasteiger partial charge in [-0.05, 0) is 20.8 Å². The summed E-state index contributed by atoms with van der Waals surface area (Å²) >= 11 is 0. The normalized spacial score (nSPS) is 17.6. The van der Waals surface area contributed by atoms with Gasteiger partial charge < -0.3 is 15.0 Å². The molecule has 0 radical (unpaired) electrons. The van der Waals surface area contributed by atoms with Gasteiger partial charge in [0.15, 0.2) is 0 Å². The first-order valence-electron chi connectivity index (χ1n) is 4.78. The summed E-state index contributed by atoms with van der Waals surface area (Å²) in [6.45, 7) is 11.3. The lowest BCUT2D eigenvalue weighted by Gasteiger charge is -2.31. The van der Waals surface area contributed by atoms with Gasteiger partial charge in [-0.25, -0.2) is 4.79 Å². The molecule has 0 bridgehead atoms. The molecule has 1 rings (SSSR count). The fourth-order valence-electron chi connectivity index (χ4n) is 1.22. The second kappa shape index (κ2) is 3.90. The van der Waals surface area contributed by atoms with Crippen molar-refractivity contribution in [3.05, 3.63) is 12.3 Å². The zero-order chi connectivity index (χ0) is 10.8. The Hall–Kier alpha value is -1.19. The molecule has 1 heterocycles. The maximum absolute atomic E-state index is 11.6. The Morgan fingerprint density at radius 1 is 1.57 bits per heavy atom. The molecule has 1 fully saturated rings. The number of amides is 1. The second-order valence-electron chi connectivity index (χ2n) is 4.43. The molecule has 1 amide bonds. The lowest BCUT2D eigenvalue weighted by atomic mass is 10.2.